The Morgan fingerprint density at radius 2 is 2.42 bits per heavy atom. The first kappa shape index (κ1) is 10.1. The van der Waals surface area contributed by atoms with Crippen LogP contribution in [0.2, 0.25) is 0 Å². The van der Waals surface area contributed by atoms with Crippen LogP contribution in [0.4, 0.5) is 0 Å². The van der Waals surface area contributed by atoms with E-state index in [1.165, 1.54) is 0 Å². The van der Waals surface area contributed by atoms with Gasteiger partial charge < -0.3 is 10.6 Å². The van der Waals surface area contributed by atoms with Gasteiger partial charge in [-0.3, -0.25) is 4.79 Å². The van der Waals surface area contributed by atoms with Crippen LogP contribution in [0.25, 0.3) is 0 Å². The lowest BCUT2D eigenvalue weighted by Crippen LogP contribution is -2.34. The Morgan fingerprint density at radius 1 is 1.67 bits per heavy atom. The molecule has 1 atom stereocenters. The number of rotatable bonds is 3. The maximum absolute atomic E-state index is 11.3. The lowest BCUT2D eigenvalue weighted by molar-refractivity contribution is -0.124. The minimum Gasteiger partial charge on any atom is -0.353 e. The Hall–Kier alpha value is 0.01000. The van der Waals surface area contributed by atoms with Gasteiger partial charge in [-0.2, -0.15) is 0 Å². The maximum atomic E-state index is 11.3. The van der Waals surface area contributed by atoms with Crippen LogP contribution < -0.4 is 10.6 Å². The molecule has 3 nitrogen and oxygen atoms in total. The third-order valence-corrected chi connectivity index (χ3v) is 2.17. The average molecular weight is 211 g/mol. The number of carbonyl (C=O) groups is 1. The summed E-state index contributed by atoms with van der Waals surface area (Å²) in [6.07, 6.45) is 0.904. The molecule has 1 amide bonds. The summed E-state index contributed by atoms with van der Waals surface area (Å²) in [5, 5.41) is 5.80. The number of hydrogen-bond acceptors (Lipinski definition) is 2. The summed E-state index contributed by atoms with van der Waals surface area (Å²) in [7, 11) is 0. The summed E-state index contributed by atoms with van der Waals surface area (Å²) >= 11 is 10.9. The molecule has 0 aliphatic carbocycles. The van der Waals surface area contributed by atoms with Crippen molar-refractivity contribution in [3.05, 3.63) is 0 Å². The summed E-state index contributed by atoms with van der Waals surface area (Å²) in [4.78, 5) is 10.8. The summed E-state index contributed by atoms with van der Waals surface area (Å²) in [5.41, 5.74) is 0. The second-order valence-corrected chi connectivity index (χ2v) is 4.10. The van der Waals surface area contributed by atoms with E-state index in [1.54, 1.807) is 0 Å². The lowest BCUT2D eigenvalue weighted by Gasteiger charge is -2.09. The van der Waals surface area contributed by atoms with Gasteiger partial charge in [-0.15, -0.1) is 23.2 Å². The first-order valence-corrected chi connectivity index (χ1v) is 4.84. The highest BCUT2D eigenvalue weighted by molar-refractivity contribution is 6.44. The molecular weight excluding hydrogens is 199 g/mol. The van der Waals surface area contributed by atoms with E-state index in [-0.39, 0.29) is 11.8 Å². The molecule has 0 radical (unpaired) electrons. The number of amides is 1. The molecule has 0 aromatic rings. The molecule has 1 aliphatic heterocycles. The van der Waals surface area contributed by atoms with Crippen molar-refractivity contribution in [2.24, 2.45) is 5.92 Å². The Bertz CT molecular complexity index is 157. The molecule has 1 saturated heterocycles. The number of hydrogen-bond donors (Lipinski definition) is 2. The monoisotopic (exact) mass is 210 g/mol. The van der Waals surface area contributed by atoms with Crippen molar-refractivity contribution < 1.29 is 4.79 Å². The smallest absolute Gasteiger partial charge is 0.224 e. The molecule has 12 heavy (non-hydrogen) atoms. The molecular formula is C7H12Cl2N2O. The van der Waals surface area contributed by atoms with Crippen molar-refractivity contribution in [2.45, 2.75) is 11.3 Å². The normalized spacial score (nSPS) is 23.1. The first-order valence-electron chi connectivity index (χ1n) is 3.96. The van der Waals surface area contributed by atoms with E-state index in [0.717, 1.165) is 19.5 Å². The molecule has 1 unspecified atom stereocenters. The highest BCUT2D eigenvalue weighted by atomic mass is 35.5. The van der Waals surface area contributed by atoms with E-state index in [2.05, 4.69) is 10.6 Å². The third-order valence-electron chi connectivity index (χ3n) is 1.86. The minimum atomic E-state index is -0.511. The van der Waals surface area contributed by atoms with Gasteiger partial charge in [0.05, 0.1) is 5.92 Å². The summed E-state index contributed by atoms with van der Waals surface area (Å²) < 4.78 is 0. The molecule has 0 bridgehead atoms. The molecule has 70 valence electrons. The fourth-order valence-electron chi connectivity index (χ4n) is 1.20. The molecule has 1 fully saturated rings. The zero-order chi connectivity index (χ0) is 8.97. The number of carbonyl (C=O) groups excluding carboxylic acids is 1. The van der Waals surface area contributed by atoms with E-state index >= 15 is 0 Å². The van der Waals surface area contributed by atoms with E-state index in [1.807, 2.05) is 0 Å². The molecule has 0 aromatic carbocycles. The fraction of sp³-hybridized carbons (Fsp3) is 0.857. The van der Waals surface area contributed by atoms with Gasteiger partial charge >= 0.3 is 0 Å². The molecule has 1 aliphatic rings. The maximum Gasteiger partial charge on any atom is 0.224 e. The number of nitrogens with one attached hydrogen (secondary N) is 2. The van der Waals surface area contributed by atoms with Crippen LogP contribution in [0.15, 0.2) is 0 Å². The Morgan fingerprint density at radius 3 is 2.92 bits per heavy atom. The molecule has 5 heteroatoms. The van der Waals surface area contributed by atoms with Gasteiger partial charge in [-0.05, 0) is 13.0 Å². The SMILES string of the molecule is O=C(NCC(Cl)Cl)C1CCNC1. The largest absolute Gasteiger partial charge is 0.353 e. The summed E-state index contributed by atoms with van der Waals surface area (Å²) in [6, 6.07) is 0. The predicted molar refractivity (Wildman–Crippen MR) is 49.5 cm³/mol. The number of alkyl halides is 2. The van der Waals surface area contributed by atoms with Crippen LogP contribution in [0.1, 0.15) is 6.42 Å². The summed E-state index contributed by atoms with van der Waals surface area (Å²) in [5.74, 6) is 0.142. The van der Waals surface area contributed by atoms with E-state index in [4.69, 9.17) is 23.2 Å². The van der Waals surface area contributed by atoms with Gasteiger partial charge in [-0.25, -0.2) is 0 Å². The van der Waals surface area contributed by atoms with Crippen LogP contribution in [-0.4, -0.2) is 30.4 Å². The molecule has 1 heterocycles. The highest BCUT2D eigenvalue weighted by Gasteiger charge is 2.22. The van der Waals surface area contributed by atoms with Crippen LogP contribution in [0.5, 0.6) is 0 Å². The highest BCUT2D eigenvalue weighted by Crippen LogP contribution is 2.07. The van der Waals surface area contributed by atoms with Crippen LogP contribution in [0.3, 0.4) is 0 Å². The number of halogens is 2. The van der Waals surface area contributed by atoms with Crippen LogP contribution in [-0.2, 0) is 4.79 Å². The Labute approximate surface area is 81.8 Å². The van der Waals surface area contributed by atoms with Gasteiger partial charge in [0.1, 0.15) is 4.84 Å². The van der Waals surface area contributed by atoms with Crippen molar-refractivity contribution in [2.75, 3.05) is 19.6 Å². The lowest BCUT2D eigenvalue weighted by atomic mass is 10.1. The minimum absolute atomic E-state index is 0.0475. The van der Waals surface area contributed by atoms with Crippen molar-refractivity contribution in [1.82, 2.24) is 10.6 Å². The summed E-state index contributed by atoms with van der Waals surface area (Å²) in [6.45, 7) is 2.02. The zero-order valence-electron chi connectivity index (χ0n) is 6.65. The second kappa shape index (κ2) is 4.90. The fourth-order valence-corrected chi connectivity index (χ4v) is 1.35. The van der Waals surface area contributed by atoms with Crippen molar-refractivity contribution in [1.29, 1.82) is 0 Å². The zero-order valence-corrected chi connectivity index (χ0v) is 8.16. The van der Waals surface area contributed by atoms with Crippen molar-refractivity contribution >= 4 is 29.1 Å². The van der Waals surface area contributed by atoms with Crippen molar-refractivity contribution in [3.63, 3.8) is 0 Å². The van der Waals surface area contributed by atoms with Crippen LogP contribution >= 0.6 is 23.2 Å². The topological polar surface area (TPSA) is 41.1 Å². The molecule has 1 rings (SSSR count). The first-order chi connectivity index (χ1) is 5.70. The van der Waals surface area contributed by atoms with Crippen LogP contribution in [0, 0.1) is 5.92 Å². The van der Waals surface area contributed by atoms with Gasteiger partial charge in [0.15, 0.2) is 0 Å². The van der Waals surface area contributed by atoms with E-state index in [0.29, 0.717) is 6.54 Å². The van der Waals surface area contributed by atoms with E-state index in [9.17, 15) is 4.79 Å². The Kier molecular flexibility index (Phi) is 4.12. The van der Waals surface area contributed by atoms with Gasteiger partial charge in [-0.1, -0.05) is 0 Å². The van der Waals surface area contributed by atoms with Gasteiger partial charge in [0.25, 0.3) is 0 Å². The van der Waals surface area contributed by atoms with E-state index < -0.39 is 4.84 Å². The Balaban J connectivity index is 2.18. The standard InChI is InChI=1S/C7H12Cl2N2O/c8-6(9)4-11-7(12)5-1-2-10-3-5/h5-6,10H,1-4H2,(H,11,12). The molecule has 0 saturated carbocycles. The third kappa shape index (κ3) is 3.17. The second-order valence-electron chi connectivity index (χ2n) is 2.83. The quantitative estimate of drug-likeness (QED) is 0.668. The predicted octanol–water partition coefficient (Wildman–Crippen LogP) is 0.516. The van der Waals surface area contributed by atoms with Gasteiger partial charge in [0.2, 0.25) is 5.91 Å². The molecule has 2 N–H and O–H groups in total. The average Bonchev–Trinajstić information content (AvgIpc) is 2.51. The van der Waals surface area contributed by atoms with Gasteiger partial charge in [0, 0.05) is 13.1 Å². The molecule has 0 spiro atoms. The van der Waals surface area contributed by atoms with Crippen molar-refractivity contribution in [3.8, 4) is 0 Å². The molecule has 0 aromatic heterocycles.